The lowest BCUT2D eigenvalue weighted by Gasteiger charge is -2.28. The van der Waals surface area contributed by atoms with Crippen LogP contribution in [-0.4, -0.2) is 46.5 Å². The van der Waals surface area contributed by atoms with Crippen molar-refractivity contribution in [2.24, 2.45) is 0 Å². The molecular weight excluding hydrogens is 465 g/mol. The summed E-state index contributed by atoms with van der Waals surface area (Å²) in [5.41, 5.74) is 0.639. The SMILES string of the molecule is O=C1NC(Cc2ccccc2)(c2ccccc2)C(=O)N1CC(=O)N1CCSC1c1ccccc1F. The molecule has 2 atom stereocenters. The Balaban J connectivity index is 1.42. The zero-order valence-electron chi connectivity index (χ0n) is 18.9. The van der Waals surface area contributed by atoms with Crippen LogP contribution in [-0.2, 0) is 21.5 Å². The average molecular weight is 490 g/mol. The average Bonchev–Trinajstić information content (AvgIpc) is 3.45. The first kappa shape index (κ1) is 23.1. The molecular formula is C27H24FN3O3S. The van der Waals surface area contributed by atoms with Crippen LogP contribution in [0.1, 0.15) is 22.1 Å². The van der Waals surface area contributed by atoms with Gasteiger partial charge in [-0.15, -0.1) is 11.8 Å². The summed E-state index contributed by atoms with van der Waals surface area (Å²) in [5, 5.41) is 2.39. The maximum Gasteiger partial charge on any atom is 0.325 e. The number of thioether (sulfide) groups is 1. The molecule has 2 aliphatic rings. The van der Waals surface area contributed by atoms with E-state index in [1.165, 1.54) is 17.8 Å². The van der Waals surface area contributed by atoms with Gasteiger partial charge in [-0.25, -0.2) is 9.18 Å². The number of benzene rings is 3. The Kier molecular flexibility index (Phi) is 6.30. The second kappa shape index (κ2) is 9.54. The van der Waals surface area contributed by atoms with Gasteiger partial charge in [-0.3, -0.25) is 14.5 Å². The molecule has 0 aliphatic carbocycles. The van der Waals surface area contributed by atoms with Crippen LogP contribution in [0.15, 0.2) is 84.9 Å². The Labute approximate surface area is 207 Å². The molecule has 2 unspecified atom stereocenters. The minimum Gasteiger partial charge on any atom is -0.324 e. The quantitative estimate of drug-likeness (QED) is 0.530. The van der Waals surface area contributed by atoms with Crippen molar-refractivity contribution in [3.63, 3.8) is 0 Å². The minimum absolute atomic E-state index is 0.254. The second-order valence-electron chi connectivity index (χ2n) is 8.59. The maximum atomic E-state index is 14.4. The highest BCUT2D eigenvalue weighted by Gasteiger charge is 2.53. The van der Waals surface area contributed by atoms with Crippen LogP contribution in [0.25, 0.3) is 0 Å². The van der Waals surface area contributed by atoms with Crippen LogP contribution < -0.4 is 5.32 Å². The molecule has 4 amide bonds. The number of carbonyl (C=O) groups is 3. The third-order valence-corrected chi connectivity index (χ3v) is 7.67. The molecule has 3 aromatic carbocycles. The lowest BCUT2D eigenvalue weighted by molar-refractivity contribution is -0.139. The van der Waals surface area contributed by atoms with E-state index in [2.05, 4.69) is 5.32 Å². The summed E-state index contributed by atoms with van der Waals surface area (Å²) in [6.07, 6.45) is 0.254. The lowest BCUT2D eigenvalue weighted by Crippen LogP contribution is -2.47. The first-order valence-electron chi connectivity index (χ1n) is 11.4. The van der Waals surface area contributed by atoms with Gasteiger partial charge in [-0.05, 0) is 17.2 Å². The van der Waals surface area contributed by atoms with Crippen molar-refractivity contribution >= 4 is 29.6 Å². The topological polar surface area (TPSA) is 69.7 Å². The number of imide groups is 1. The van der Waals surface area contributed by atoms with E-state index in [0.717, 1.165) is 10.5 Å². The van der Waals surface area contributed by atoms with E-state index in [0.29, 0.717) is 23.4 Å². The van der Waals surface area contributed by atoms with E-state index in [9.17, 15) is 18.8 Å². The summed E-state index contributed by atoms with van der Waals surface area (Å²) < 4.78 is 14.4. The maximum absolute atomic E-state index is 14.4. The van der Waals surface area contributed by atoms with Gasteiger partial charge in [0, 0.05) is 24.3 Å². The predicted molar refractivity (Wildman–Crippen MR) is 132 cm³/mol. The van der Waals surface area contributed by atoms with E-state index >= 15 is 0 Å². The van der Waals surface area contributed by atoms with Gasteiger partial charge in [0.25, 0.3) is 5.91 Å². The molecule has 0 saturated carbocycles. The van der Waals surface area contributed by atoms with Crippen molar-refractivity contribution < 1.29 is 18.8 Å². The number of nitrogens with zero attached hydrogens (tertiary/aromatic N) is 2. The largest absolute Gasteiger partial charge is 0.325 e. The first-order chi connectivity index (χ1) is 17.0. The summed E-state index contributed by atoms with van der Waals surface area (Å²) in [6, 6.07) is 24.3. The Hall–Kier alpha value is -3.65. The highest BCUT2D eigenvalue weighted by Crippen LogP contribution is 2.39. The number of urea groups is 1. The van der Waals surface area contributed by atoms with Crippen molar-refractivity contribution in [1.82, 2.24) is 15.1 Å². The molecule has 0 spiro atoms. The van der Waals surface area contributed by atoms with Gasteiger partial charge >= 0.3 is 6.03 Å². The zero-order valence-corrected chi connectivity index (χ0v) is 19.7. The smallest absolute Gasteiger partial charge is 0.324 e. The fourth-order valence-corrected chi connectivity index (χ4v) is 6.00. The van der Waals surface area contributed by atoms with Gasteiger partial charge in [-0.1, -0.05) is 78.9 Å². The summed E-state index contributed by atoms with van der Waals surface area (Å²) in [4.78, 5) is 42.7. The van der Waals surface area contributed by atoms with Crippen LogP contribution in [0.2, 0.25) is 0 Å². The van der Waals surface area contributed by atoms with Gasteiger partial charge < -0.3 is 10.2 Å². The Bertz CT molecular complexity index is 1260. The van der Waals surface area contributed by atoms with Crippen LogP contribution in [0.4, 0.5) is 9.18 Å². The number of nitrogens with one attached hydrogen (secondary N) is 1. The molecule has 35 heavy (non-hydrogen) atoms. The summed E-state index contributed by atoms with van der Waals surface area (Å²) in [5.74, 6) is -0.603. The number of amides is 4. The zero-order chi connectivity index (χ0) is 24.4. The first-order valence-corrected chi connectivity index (χ1v) is 12.4. The summed E-state index contributed by atoms with van der Waals surface area (Å²) >= 11 is 1.47. The Morgan fingerprint density at radius 2 is 1.63 bits per heavy atom. The molecule has 2 heterocycles. The van der Waals surface area contributed by atoms with Crippen LogP contribution >= 0.6 is 11.8 Å². The van der Waals surface area contributed by atoms with Crippen molar-refractivity contribution in [1.29, 1.82) is 0 Å². The number of hydrogen-bond acceptors (Lipinski definition) is 4. The van der Waals surface area contributed by atoms with Crippen molar-refractivity contribution in [3.8, 4) is 0 Å². The normalized spacial score (nSPS) is 21.9. The molecule has 0 radical (unpaired) electrons. The van der Waals surface area contributed by atoms with E-state index < -0.39 is 35.3 Å². The molecule has 6 nitrogen and oxygen atoms in total. The molecule has 8 heteroatoms. The molecule has 0 bridgehead atoms. The minimum atomic E-state index is -1.31. The van der Waals surface area contributed by atoms with Crippen molar-refractivity contribution in [2.75, 3.05) is 18.8 Å². The predicted octanol–water partition coefficient (Wildman–Crippen LogP) is 4.09. The molecule has 5 rings (SSSR count). The van der Waals surface area contributed by atoms with Gasteiger partial charge in [0.15, 0.2) is 5.54 Å². The third kappa shape index (κ3) is 4.30. The van der Waals surface area contributed by atoms with Gasteiger partial charge in [0.1, 0.15) is 17.7 Å². The monoisotopic (exact) mass is 489 g/mol. The van der Waals surface area contributed by atoms with E-state index in [1.54, 1.807) is 35.2 Å². The van der Waals surface area contributed by atoms with Crippen molar-refractivity contribution in [3.05, 3.63) is 107 Å². The van der Waals surface area contributed by atoms with E-state index in [4.69, 9.17) is 0 Å². The second-order valence-corrected chi connectivity index (χ2v) is 9.78. The van der Waals surface area contributed by atoms with Crippen LogP contribution in [0.5, 0.6) is 0 Å². The van der Waals surface area contributed by atoms with Crippen LogP contribution in [0.3, 0.4) is 0 Å². The third-order valence-electron chi connectivity index (χ3n) is 6.43. The molecule has 2 saturated heterocycles. The molecule has 1 N–H and O–H groups in total. The van der Waals surface area contributed by atoms with Crippen molar-refractivity contribution in [2.45, 2.75) is 17.3 Å². The van der Waals surface area contributed by atoms with Gasteiger partial charge in [0.05, 0.1) is 0 Å². The molecule has 3 aromatic rings. The van der Waals surface area contributed by atoms with Crippen LogP contribution in [0, 0.1) is 5.82 Å². The lowest BCUT2D eigenvalue weighted by atomic mass is 9.83. The molecule has 0 aromatic heterocycles. The highest BCUT2D eigenvalue weighted by atomic mass is 32.2. The molecule has 178 valence electrons. The number of hydrogen-bond donors (Lipinski definition) is 1. The van der Waals surface area contributed by atoms with Gasteiger partial charge in [0.2, 0.25) is 5.91 Å². The Morgan fingerprint density at radius 3 is 2.34 bits per heavy atom. The molecule has 2 aliphatic heterocycles. The number of carbonyl (C=O) groups excluding carboxylic acids is 3. The fourth-order valence-electron chi connectivity index (χ4n) is 4.70. The highest BCUT2D eigenvalue weighted by molar-refractivity contribution is 7.99. The van der Waals surface area contributed by atoms with E-state index in [-0.39, 0.29) is 12.2 Å². The Morgan fingerprint density at radius 1 is 0.971 bits per heavy atom. The number of halogens is 1. The summed E-state index contributed by atoms with van der Waals surface area (Å²) in [6.45, 7) is 0.0134. The fraction of sp³-hybridized carbons (Fsp3) is 0.222. The number of rotatable bonds is 6. The summed E-state index contributed by atoms with van der Waals surface area (Å²) in [7, 11) is 0. The van der Waals surface area contributed by atoms with Gasteiger partial charge in [-0.2, -0.15) is 0 Å². The molecule has 2 fully saturated rings. The van der Waals surface area contributed by atoms with E-state index in [1.807, 2.05) is 48.5 Å². The standard InChI is InChI=1S/C27H24FN3O3S/c28-22-14-8-7-13-21(22)24-30(15-16-35-24)23(32)18-31-25(33)27(29-26(31)34,20-11-5-2-6-12-20)17-19-9-3-1-4-10-19/h1-14,24H,15-18H2,(H,29,34).